The molecule has 0 unspecified atom stereocenters. The summed E-state index contributed by atoms with van der Waals surface area (Å²) in [5.74, 6) is -0.281. The first-order chi connectivity index (χ1) is 6.49. The summed E-state index contributed by atoms with van der Waals surface area (Å²) in [7, 11) is 1.60. The third-order valence-electron chi connectivity index (χ3n) is 2.32. The van der Waals surface area contributed by atoms with E-state index in [1.807, 2.05) is 6.92 Å². The maximum atomic E-state index is 11.6. The fraction of sp³-hybridized carbons (Fsp3) is 0.778. The van der Waals surface area contributed by atoms with Crippen molar-refractivity contribution < 1.29 is 9.59 Å². The molecular weight excluding hydrogens is 182 g/mol. The highest BCUT2D eigenvalue weighted by molar-refractivity contribution is 5.92. The third-order valence-corrected chi connectivity index (χ3v) is 2.32. The average Bonchev–Trinajstić information content (AvgIpc) is 2.84. The number of nitrogens with one attached hydrogen (secondary N) is 1. The van der Waals surface area contributed by atoms with Crippen molar-refractivity contribution in [2.45, 2.75) is 25.3 Å². The van der Waals surface area contributed by atoms with Crippen LogP contribution >= 0.6 is 0 Å². The summed E-state index contributed by atoms with van der Waals surface area (Å²) >= 11 is 0. The van der Waals surface area contributed by atoms with Gasteiger partial charge in [0, 0.05) is 13.6 Å². The topological polar surface area (TPSA) is 75.4 Å². The highest BCUT2D eigenvalue weighted by Crippen LogP contribution is 2.33. The Morgan fingerprint density at radius 1 is 1.50 bits per heavy atom. The Morgan fingerprint density at radius 2 is 2.07 bits per heavy atom. The smallest absolute Gasteiger partial charge is 0.242 e. The van der Waals surface area contributed by atoms with Gasteiger partial charge in [-0.1, -0.05) is 0 Å². The van der Waals surface area contributed by atoms with Crippen molar-refractivity contribution >= 4 is 11.8 Å². The molecule has 0 bridgehead atoms. The van der Waals surface area contributed by atoms with E-state index >= 15 is 0 Å². The number of hydrogen-bond donors (Lipinski definition) is 2. The normalized spacial score (nSPS) is 17.4. The minimum Gasteiger partial charge on any atom is -0.355 e. The molecular formula is C9H17N3O2. The van der Waals surface area contributed by atoms with Crippen LogP contribution in [0.2, 0.25) is 0 Å². The molecule has 0 aromatic rings. The molecule has 1 aliphatic carbocycles. The largest absolute Gasteiger partial charge is 0.355 e. The monoisotopic (exact) mass is 199 g/mol. The zero-order valence-corrected chi connectivity index (χ0v) is 8.67. The molecule has 0 aromatic carbocycles. The van der Waals surface area contributed by atoms with E-state index in [0.717, 1.165) is 12.8 Å². The number of hydrogen-bond acceptors (Lipinski definition) is 3. The molecule has 0 spiro atoms. The second-order valence-electron chi connectivity index (χ2n) is 3.77. The van der Waals surface area contributed by atoms with Crippen molar-refractivity contribution in [3.63, 3.8) is 0 Å². The van der Waals surface area contributed by atoms with Crippen LogP contribution in [0.5, 0.6) is 0 Å². The number of carbonyl (C=O) groups is 2. The van der Waals surface area contributed by atoms with E-state index in [1.54, 1.807) is 7.05 Å². The molecule has 5 nitrogen and oxygen atoms in total. The Bertz CT molecular complexity index is 248. The van der Waals surface area contributed by atoms with Gasteiger partial charge in [0.15, 0.2) is 0 Å². The van der Waals surface area contributed by atoms with Crippen molar-refractivity contribution in [1.29, 1.82) is 0 Å². The van der Waals surface area contributed by atoms with Gasteiger partial charge in [-0.25, -0.2) is 0 Å². The third kappa shape index (κ3) is 2.45. The van der Waals surface area contributed by atoms with Crippen molar-refractivity contribution in [2.24, 2.45) is 5.73 Å². The van der Waals surface area contributed by atoms with Gasteiger partial charge in [0.05, 0.1) is 12.1 Å². The number of likely N-dealkylation sites (N-methyl/N-ethyl adjacent to an activating group) is 2. The fourth-order valence-electron chi connectivity index (χ4n) is 1.27. The van der Waals surface area contributed by atoms with Gasteiger partial charge in [0.25, 0.3) is 0 Å². The first-order valence-corrected chi connectivity index (χ1v) is 4.81. The maximum Gasteiger partial charge on any atom is 0.242 e. The lowest BCUT2D eigenvalue weighted by molar-refractivity contribution is -0.136. The van der Waals surface area contributed by atoms with Gasteiger partial charge in [-0.05, 0) is 19.8 Å². The molecule has 14 heavy (non-hydrogen) atoms. The van der Waals surface area contributed by atoms with E-state index < -0.39 is 5.54 Å². The van der Waals surface area contributed by atoms with Crippen LogP contribution in [0, 0.1) is 0 Å². The van der Waals surface area contributed by atoms with E-state index in [-0.39, 0.29) is 18.4 Å². The van der Waals surface area contributed by atoms with Crippen molar-refractivity contribution in [2.75, 3.05) is 20.1 Å². The predicted molar refractivity (Wildman–Crippen MR) is 52.5 cm³/mol. The van der Waals surface area contributed by atoms with Crippen molar-refractivity contribution in [1.82, 2.24) is 10.2 Å². The Hall–Kier alpha value is -1.10. The highest BCUT2D eigenvalue weighted by atomic mass is 16.2. The van der Waals surface area contributed by atoms with Crippen LogP contribution in [0.3, 0.4) is 0 Å². The second-order valence-corrected chi connectivity index (χ2v) is 3.77. The van der Waals surface area contributed by atoms with Crippen LogP contribution < -0.4 is 11.1 Å². The summed E-state index contributed by atoms with van der Waals surface area (Å²) in [6, 6.07) is 0. The Kier molecular flexibility index (Phi) is 3.10. The number of carbonyl (C=O) groups excluding carboxylic acids is 2. The molecule has 2 amide bonds. The Labute approximate surface area is 83.6 Å². The first kappa shape index (κ1) is 11.0. The summed E-state index contributed by atoms with van der Waals surface area (Å²) < 4.78 is 0. The first-order valence-electron chi connectivity index (χ1n) is 4.81. The number of nitrogens with zero attached hydrogens (tertiary/aromatic N) is 1. The van der Waals surface area contributed by atoms with Crippen LogP contribution in [0.4, 0.5) is 0 Å². The molecule has 0 aliphatic heterocycles. The fourth-order valence-corrected chi connectivity index (χ4v) is 1.27. The van der Waals surface area contributed by atoms with Crippen molar-refractivity contribution in [3.8, 4) is 0 Å². The van der Waals surface area contributed by atoms with Gasteiger partial charge in [-0.2, -0.15) is 0 Å². The van der Waals surface area contributed by atoms with E-state index in [1.165, 1.54) is 4.90 Å². The van der Waals surface area contributed by atoms with Crippen LogP contribution in [0.1, 0.15) is 19.8 Å². The van der Waals surface area contributed by atoms with Gasteiger partial charge >= 0.3 is 0 Å². The molecule has 0 saturated heterocycles. The summed E-state index contributed by atoms with van der Waals surface area (Å²) in [6.45, 7) is 2.51. The average molecular weight is 199 g/mol. The number of rotatable bonds is 4. The van der Waals surface area contributed by atoms with Gasteiger partial charge < -0.3 is 16.0 Å². The van der Waals surface area contributed by atoms with Gasteiger partial charge in [0.1, 0.15) is 0 Å². The van der Waals surface area contributed by atoms with E-state index in [4.69, 9.17) is 5.73 Å². The highest BCUT2D eigenvalue weighted by Gasteiger charge is 2.47. The lowest BCUT2D eigenvalue weighted by Gasteiger charge is -2.20. The van der Waals surface area contributed by atoms with Gasteiger partial charge in [-0.15, -0.1) is 0 Å². The molecule has 5 heteroatoms. The lowest BCUT2D eigenvalue weighted by atomic mass is 10.2. The van der Waals surface area contributed by atoms with Gasteiger partial charge in [0.2, 0.25) is 11.8 Å². The van der Waals surface area contributed by atoms with Crippen molar-refractivity contribution in [3.05, 3.63) is 0 Å². The summed E-state index contributed by atoms with van der Waals surface area (Å²) in [5, 5.41) is 2.63. The summed E-state index contributed by atoms with van der Waals surface area (Å²) in [6.07, 6.45) is 1.46. The molecule has 0 heterocycles. The van der Waals surface area contributed by atoms with E-state index in [0.29, 0.717) is 6.54 Å². The van der Waals surface area contributed by atoms with E-state index in [9.17, 15) is 9.59 Å². The summed E-state index contributed by atoms with van der Waals surface area (Å²) in [5.41, 5.74) is 5.04. The zero-order valence-electron chi connectivity index (χ0n) is 8.67. The van der Waals surface area contributed by atoms with Crippen LogP contribution in [-0.4, -0.2) is 42.4 Å². The number of nitrogens with two attached hydrogens (primary N) is 1. The van der Waals surface area contributed by atoms with Gasteiger partial charge in [-0.3, -0.25) is 9.59 Å². The molecule has 1 aliphatic rings. The van der Waals surface area contributed by atoms with E-state index in [2.05, 4.69) is 5.32 Å². The lowest BCUT2D eigenvalue weighted by Crippen LogP contribution is -2.47. The molecule has 1 saturated carbocycles. The number of amides is 2. The molecule has 0 radical (unpaired) electrons. The molecule has 0 aromatic heterocycles. The molecule has 80 valence electrons. The predicted octanol–water partition coefficient (Wildman–Crippen LogP) is -0.928. The molecule has 1 fully saturated rings. The van der Waals surface area contributed by atoms with Crippen LogP contribution in [0.25, 0.3) is 0 Å². The summed E-state index contributed by atoms with van der Waals surface area (Å²) in [4.78, 5) is 24.1. The minimum atomic E-state index is -0.679. The zero-order chi connectivity index (χ0) is 10.8. The second kappa shape index (κ2) is 3.96. The maximum absolute atomic E-state index is 11.6. The Morgan fingerprint density at radius 3 is 2.50 bits per heavy atom. The Balaban J connectivity index is 2.38. The van der Waals surface area contributed by atoms with Crippen LogP contribution in [-0.2, 0) is 9.59 Å². The SMILES string of the molecule is CCNC(=O)CN(C)C(=O)C1(N)CC1. The quantitative estimate of drug-likeness (QED) is 0.614. The molecule has 0 atom stereocenters. The minimum absolute atomic E-state index is 0.0889. The molecule has 3 N–H and O–H groups in total. The molecule has 1 rings (SSSR count). The standard InChI is InChI=1S/C9H17N3O2/c1-3-11-7(13)6-12(2)8(14)9(10)4-5-9/h3-6,10H2,1-2H3,(H,11,13). The van der Waals surface area contributed by atoms with Crippen LogP contribution in [0.15, 0.2) is 0 Å².